The summed E-state index contributed by atoms with van der Waals surface area (Å²) in [5.41, 5.74) is -0.880. The van der Waals surface area contributed by atoms with E-state index < -0.39 is 5.60 Å². The Morgan fingerprint density at radius 3 is 2.12 bits per heavy atom. The number of aliphatic hydroxyl groups is 2. The summed E-state index contributed by atoms with van der Waals surface area (Å²) < 4.78 is 0. The van der Waals surface area contributed by atoms with Crippen molar-refractivity contribution in [1.29, 1.82) is 0 Å². The maximum absolute atomic E-state index is 10.9. The number of hydrogen-bond acceptors (Lipinski definition) is 3. The third-order valence-electron chi connectivity index (χ3n) is 4.79. The van der Waals surface area contributed by atoms with Crippen LogP contribution in [0.3, 0.4) is 0 Å². The van der Waals surface area contributed by atoms with Gasteiger partial charge in [-0.25, -0.2) is 0 Å². The van der Waals surface area contributed by atoms with Crippen molar-refractivity contribution in [3.63, 3.8) is 0 Å². The third kappa shape index (κ3) is 2.01. The van der Waals surface area contributed by atoms with Gasteiger partial charge in [-0.05, 0) is 26.3 Å². The van der Waals surface area contributed by atoms with E-state index in [4.69, 9.17) is 0 Å². The maximum Gasteiger partial charge on any atom is 0.0863 e. The van der Waals surface area contributed by atoms with E-state index in [1.165, 1.54) is 12.8 Å². The Labute approximate surface area is 98.5 Å². The molecule has 2 N–H and O–H groups in total. The molecule has 94 valence electrons. The number of likely N-dealkylation sites (tertiary alicyclic amines) is 1. The molecule has 0 spiro atoms. The highest BCUT2D eigenvalue weighted by molar-refractivity contribution is 5.04. The number of hydrogen-bond donors (Lipinski definition) is 2. The fourth-order valence-electron chi connectivity index (χ4n) is 3.59. The normalized spacial score (nSPS) is 36.2. The molecule has 0 aromatic carbocycles. The van der Waals surface area contributed by atoms with Crippen LogP contribution in [0.15, 0.2) is 0 Å². The standard InChI is InChI=1S/C13H25NO2/c1-14-9-8-13(16,10-14)12(11-15)6-4-2-3-5-7-12/h15-16H,2-11H2,1H3. The van der Waals surface area contributed by atoms with Gasteiger partial charge in [-0.2, -0.15) is 0 Å². The lowest BCUT2D eigenvalue weighted by molar-refractivity contribution is -0.109. The van der Waals surface area contributed by atoms with E-state index in [9.17, 15) is 10.2 Å². The SMILES string of the molecule is CN1CCC(O)(C2(CO)CCCCCC2)C1. The largest absolute Gasteiger partial charge is 0.396 e. The van der Waals surface area contributed by atoms with Crippen molar-refractivity contribution in [1.82, 2.24) is 4.90 Å². The lowest BCUT2D eigenvalue weighted by Crippen LogP contribution is -2.52. The maximum atomic E-state index is 10.9. The van der Waals surface area contributed by atoms with E-state index in [0.29, 0.717) is 0 Å². The molecule has 3 heteroatoms. The van der Waals surface area contributed by atoms with Crippen molar-refractivity contribution in [2.24, 2.45) is 5.41 Å². The van der Waals surface area contributed by atoms with Gasteiger partial charge in [-0.1, -0.05) is 25.7 Å². The van der Waals surface area contributed by atoms with Gasteiger partial charge < -0.3 is 15.1 Å². The van der Waals surface area contributed by atoms with Gasteiger partial charge in [-0.15, -0.1) is 0 Å². The molecule has 3 nitrogen and oxygen atoms in total. The van der Waals surface area contributed by atoms with Crippen LogP contribution in [0.2, 0.25) is 0 Å². The van der Waals surface area contributed by atoms with Crippen molar-refractivity contribution >= 4 is 0 Å². The molecule has 1 aliphatic carbocycles. The molecule has 1 aliphatic heterocycles. The van der Waals surface area contributed by atoms with Crippen LogP contribution in [0.4, 0.5) is 0 Å². The molecule has 0 aromatic rings. The van der Waals surface area contributed by atoms with Crippen molar-refractivity contribution in [2.75, 3.05) is 26.7 Å². The Kier molecular flexibility index (Phi) is 3.57. The second kappa shape index (κ2) is 4.63. The first-order valence-corrected chi connectivity index (χ1v) is 6.64. The second-order valence-corrected chi connectivity index (χ2v) is 5.87. The van der Waals surface area contributed by atoms with E-state index in [-0.39, 0.29) is 12.0 Å². The van der Waals surface area contributed by atoms with Gasteiger partial charge >= 0.3 is 0 Å². The van der Waals surface area contributed by atoms with E-state index in [1.54, 1.807) is 0 Å². The van der Waals surface area contributed by atoms with Gasteiger partial charge in [0.25, 0.3) is 0 Å². The van der Waals surface area contributed by atoms with Crippen LogP contribution in [-0.4, -0.2) is 47.5 Å². The summed E-state index contributed by atoms with van der Waals surface area (Å²) in [5, 5.41) is 20.7. The third-order valence-corrected chi connectivity index (χ3v) is 4.79. The summed E-state index contributed by atoms with van der Waals surface area (Å²) in [6, 6.07) is 0. The van der Waals surface area contributed by atoms with Crippen LogP contribution in [0, 0.1) is 5.41 Å². The molecule has 1 atom stereocenters. The minimum absolute atomic E-state index is 0.150. The van der Waals surface area contributed by atoms with E-state index in [1.807, 2.05) is 0 Å². The molecule has 2 rings (SSSR count). The van der Waals surface area contributed by atoms with Crippen molar-refractivity contribution in [2.45, 2.75) is 50.5 Å². The first-order valence-electron chi connectivity index (χ1n) is 6.64. The van der Waals surface area contributed by atoms with Gasteiger partial charge in [0.2, 0.25) is 0 Å². The summed E-state index contributed by atoms with van der Waals surface area (Å²) in [5.74, 6) is 0. The number of rotatable bonds is 2. The van der Waals surface area contributed by atoms with Crippen LogP contribution in [0.25, 0.3) is 0 Å². The summed E-state index contributed by atoms with van der Waals surface area (Å²) in [6.45, 7) is 1.84. The number of likely N-dealkylation sites (N-methyl/N-ethyl adjacent to an activating group) is 1. The van der Waals surface area contributed by atoms with Gasteiger partial charge in [0.05, 0.1) is 12.2 Å². The van der Waals surface area contributed by atoms with E-state index in [0.717, 1.165) is 45.2 Å². The Bertz CT molecular complexity index is 236. The first kappa shape index (κ1) is 12.3. The molecular formula is C13H25NO2. The molecule has 0 radical (unpaired) electrons. The molecule has 2 aliphatic rings. The van der Waals surface area contributed by atoms with Gasteiger partial charge in [0.15, 0.2) is 0 Å². The second-order valence-electron chi connectivity index (χ2n) is 5.87. The Morgan fingerprint density at radius 2 is 1.69 bits per heavy atom. The molecule has 1 unspecified atom stereocenters. The molecule has 1 saturated carbocycles. The van der Waals surface area contributed by atoms with Crippen LogP contribution in [0.1, 0.15) is 44.9 Å². The fraction of sp³-hybridized carbons (Fsp3) is 1.00. The summed E-state index contributed by atoms with van der Waals surface area (Å²) in [6.07, 6.45) is 7.65. The van der Waals surface area contributed by atoms with Gasteiger partial charge in [-0.3, -0.25) is 0 Å². The lowest BCUT2D eigenvalue weighted by atomic mass is 9.67. The average molecular weight is 227 g/mol. The predicted octanol–water partition coefficient (Wildman–Crippen LogP) is 1.39. The Morgan fingerprint density at radius 1 is 1.06 bits per heavy atom. The molecule has 1 heterocycles. The van der Waals surface area contributed by atoms with E-state index >= 15 is 0 Å². The Balaban J connectivity index is 2.18. The van der Waals surface area contributed by atoms with Crippen LogP contribution in [-0.2, 0) is 0 Å². The fourth-order valence-corrected chi connectivity index (χ4v) is 3.59. The summed E-state index contributed by atoms with van der Waals surface area (Å²) in [4.78, 5) is 2.18. The van der Waals surface area contributed by atoms with Crippen molar-refractivity contribution < 1.29 is 10.2 Å². The zero-order valence-electron chi connectivity index (χ0n) is 10.4. The van der Waals surface area contributed by atoms with Gasteiger partial charge in [0, 0.05) is 18.5 Å². The highest BCUT2D eigenvalue weighted by Crippen LogP contribution is 2.47. The molecule has 16 heavy (non-hydrogen) atoms. The molecule has 1 saturated heterocycles. The number of nitrogens with zero attached hydrogens (tertiary/aromatic N) is 1. The van der Waals surface area contributed by atoms with Crippen LogP contribution < -0.4 is 0 Å². The highest BCUT2D eigenvalue weighted by atomic mass is 16.3. The van der Waals surface area contributed by atoms with E-state index in [2.05, 4.69) is 11.9 Å². The first-order chi connectivity index (χ1) is 7.62. The van der Waals surface area contributed by atoms with Crippen molar-refractivity contribution in [3.05, 3.63) is 0 Å². The summed E-state index contributed by atoms with van der Waals surface area (Å²) >= 11 is 0. The minimum atomic E-state index is -0.652. The molecular weight excluding hydrogens is 202 g/mol. The van der Waals surface area contributed by atoms with Gasteiger partial charge in [0.1, 0.15) is 0 Å². The molecule has 0 amide bonds. The lowest BCUT2D eigenvalue weighted by Gasteiger charge is -2.44. The number of aliphatic hydroxyl groups excluding tert-OH is 1. The number of β-amino-alcohol motifs (C(OH)–C–C–N with tert-alkyl or cyclic N) is 1. The van der Waals surface area contributed by atoms with Crippen molar-refractivity contribution in [3.8, 4) is 0 Å². The van der Waals surface area contributed by atoms with Crippen LogP contribution in [0.5, 0.6) is 0 Å². The topological polar surface area (TPSA) is 43.7 Å². The molecule has 2 fully saturated rings. The monoisotopic (exact) mass is 227 g/mol. The zero-order chi connectivity index (χ0) is 11.6. The quantitative estimate of drug-likeness (QED) is 0.701. The minimum Gasteiger partial charge on any atom is -0.396 e. The highest BCUT2D eigenvalue weighted by Gasteiger charge is 2.52. The zero-order valence-corrected chi connectivity index (χ0v) is 10.4. The molecule has 0 aromatic heterocycles. The molecule has 0 bridgehead atoms. The van der Waals surface area contributed by atoms with Crippen LogP contribution >= 0.6 is 0 Å². The smallest absolute Gasteiger partial charge is 0.0863 e. The average Bonchev–Trinajstić information content (AvgIpc) is 2.53. The predicted molar refractivity (Wildman–Crippen MR) is 64.3 cm³/mol. The summed E-state index contributed by atoms with van der Waals surface area (Å²) in [7, 11) is 2.06. The Hall–Kier alpha value is -0.120.